The molecule has 0 radical (unpaired) electrons. The summed E-state index contributed by atoms with van der Waals surface area (Å²) in [7, 11) is 0. The fourth-order valence-electron chi connectivity index (χ4n) is 3.95. The van der Waals surface area contributed by atoms with Gasteiger partial charge in [-0.05, 0) is 58.6 Å². The summed E-state index contributed by atoms with van der Waals surface area (Å²) in [6, 6.07) is 3.57. The highest BCUT2D eigenvalue weighted by atomic mass is 35.5. The number of nitrogens with zero attached hydrogens (tertiary/aromatic N) is 4. The summed E-state index contributed by atoms with van der Waals surface area (Å²) in [6.07, 6.45) is 3.18. The Balaban J connectivity index is 1.56. The van der Waals surface area contributed by atoms with E-state index in [0.717, 1.165) is 44.6 Å². The monoisotopic (exact) mass is 423 g/mol. The lowest BCUT2D eigenvalue weighted by molar-refractivity contribution is -0.136. The van der Waals surface area contributed by atoms with E-state index in [1.165, 1.54) is 0 Å². The zero-order chi connectivity index (χ0) is 21.0. The summed E-state index contributed by atoms with van der Waals surface area (Å²) in [5.74, 6) is 0.824. The first kappa shape index (κ1) is 21.6. The molecule has 0 aliphatic carbocycles. The van der Waals surface area contributed by atoms with Gasteiger partial charge in [0.15, 0.2) is 11.0 Å². The topological polar surface area (TPSA) is 87.7 Å². The Morgan fingerprint density at radius 1 is 1.21 bits per heavy atom. The van der Waals surface area contributed by atoms with E-state index >= 15 is 0 Å². The van der Waals surface area contributed by atoms with Crippen LogP contribution in [0.4, 0.5) is 10.6 Å². The third-order valence-corrected chi connectivity index (χ3v) is 5.46. The number of ether oxygens (including phenoxy) is 1. The average molecular weight is 424 g/mol. The lowest BCUT2D eigenvalue weighted by Gasteiger charge is -2.36. The molecule has 8 nitrogen and oxygen atoms in total. The molecule has 0 unspecified atom stereocenters. The van der Waals surface area contributed by atoms with Crippen molar-refractivity contribution in [2.45, 2.75) is 58.1 Å². The van der Waals surface area contributed by atoms with Gasteiger partial charge in [0.1, 0.15) is 5.60 Å². The first-order valence-corrected chi connectivity index (χ1v) is 10.6. The molecule has 29 heavy (non-hydrogen) atoms. The highest BCUT2D eigenvalue weighted by molar-refractivity contribution is 6.29. The highest BCUT2D eigenvalue weighted by Crippen LogP contribution is 2.26. The van der Waals surface area contributed by atoms with Crippen LogP contribution in [0.2, 0.25) is 5.15 Å². The fourth-order valence-corrected chi connectivity index (χ4v) is 4.05. The fraction of sp³-hybridized carbons (Fsp3) is 0.700. The molecular weight excluding hydrogens is 394 g/mol. The van der Waals surface area contributed by atoms with Crippen LogP contribution in [0.3, 0.4) is 0 Å². The number of rotatable bonds is 4. The number of likely N-dealkylation sites (tertiary alicyclic amines) is 1. The lowest BCUT2D eigenvalue weighted by atomic mass is 9.96. The van der Waals surface area contributed by atoms with Crippen molar-refractivity contribution in [2.24, 2.45) is 5.92 Å². The van der Waals surface area contributed by atoms with Gasteiger partial charge in [-0.3, -0.25) is 4.79 Å². The molecule has 0 spiro atoms. The van der Waals surface area contributed by atoms with Gasteiger partial charge in [-0.15, -0.1) is 10.2 Å². The molecule has 2 fully saturated rings. The van der Waals surface area contributed by atoms with E-state index in [1.807, 2.05) is 31.7 Å². The molecule has 1 aromatic heterocycles. The molecule has 2 aliphatic heterocycles. The molecule has 2 atom stereocenters. The molecule has 2 amide bonds. The summed E-state index contributed by atoms with van der Waals surface area (Å²) in [6.45, 7) is 8.12. The van der Waals surface area contributed by atoms with Crippen LogP contribution in [-0.4, -0.2) is 64.9 Å². The van der Waals surface area contributed by atoms with Crippen molar-refractivity contribution in [3.8, 4) is 0 Å². The number of aromatic nitrogens is 2. The molecule has 0 saturated carbocycles. The second-order valence-electron chi connectivity index (χ2n) is 8.71. The van der Waals surface area contributed by atoms with E-state index in [0.29, 0.717) is 18.2 Å². The maximum Gasteiger partial charge on any atom is 0.407 e. The van der Waals surface area contributed by atoms with Crippen LogP contribution in [0, 0.1) is 5.92 Å². The number of piperidine rings is 1. The van der Waals surface area contributed by atoms with Crippen molar-refractivity contribution in [3.05, 3.63) is 17.3 Å². The molecule has 2 saturated heterocycles. The van der Waals surface area contributed by atoms with Crippen molar-refractivity contribution >= 4 is 29.4 Å². The quantitative estimate of drug-likeness (QED) is 0.801. The second-order valence-corrected chi connectivity index (χ2v) is 9.10. The highest BCUT2D eigenvalue weighted by Gasteiger charge is 2.35. The van der Waals surface area contributed by atoms with Crippen LogP contribution in [0.15, 0.2) is 12.1 Å². The maximum atomic E-state index is 13.2. The normalized spacial score (nSPS) is 22.5. The van der Waals surface area contributed by atoms with Gasteiger partial charge in [0.05, 0.1) is 5.92 Å². The number of amides is 2. The van der Waals surface area contributed by atoms with Gasteiger partial charge < -0.3 is 19.9 Å². The minimum atomic E-state index is -0.536. The Bertz CT molecular complexity index is 722. The number of anilines is 1. The molecule has 160 valence electrons. The van der Waals surface area contributed by atoms with Crippen molar-refractivity contribution in [1.29, 1.82) is 0 Å². The Labute approximate surface area is 176 Å². The minimum absolute atomic E-state index is 0.0146. The van der Waals surface area contributed by atoms with Crippen LogP contribution in [0.25, 0.3) is 0 Å². The smallest absolute Gasteiger partial charge is 0.407 e. The van der Waals surface area contributed by atoms with Crippen molar-refractivity contribution in [2.75, 3.05) is 31.1 Å². The molecule has 0 aromatic carbocycles. The largest absolute Gasteiger partial charge is 0.444 e. The summed E-state index contributed by atoms with van der Waals surface area (Å²) in [5.41, 5.74) is -0.536. The molecule has 1 N–H and O–H groups in total. The van der Waals surface area contributed by atoms with Crippen molar-refractivity contribution < 1.29 is 14.3 Å². The number of alkyl carbamates (subject to hydrolysis) is 1. The molecular formula is C20H30ClN5O3. The van der Waals surface area contributed by atoms with Gasteiger partial charge >= 0.3 is 6.09 Å². The van der Waals surface area contributed by atoms with Gasteiger partial charge in [-0.1, -0.05) is 11.6 Å². The van der Waals surface area contributed by atoms with E-state index < -0.39 is 11.7 Å². The molecule has 2 aliphatic rings. The third-order valence-electron chi connectivity index (χ3n) is 5.25. The van der Waals surface area contributed by atoms with Gasteiger partial charge in [0, 0.05) is 32.2 Å². The zero-order valence-corrected chi connectivity index (χ0v) is 18.1. The minimum Gasteiger partial charge on any atom is -0.444 e. The van der Waals surface area contributed by atoms with Crippen LogP contribution < -0.4 is 10.2 Å². The lowest BCUT2D eigenvalue weighted by Crippen LogP contribution is -2.49. The van der Waals surface area contributed by atoms with E-state index in [4.69, 9.17) is 16.3 Å². The predicted molar refractivity (Wildman–Crippen MR) is 111 cm³/mol. The number of halogens is 1. The Morgan fingerprint density at radius 2 is 1.97 bits per heavy atom. The number of hydrogen-bond acceptors (Lipinski definition) is 6. The molecule has 9 heteroatoms. The van der Waals surface area contributed by atoms with E-state index in [1.54, 1.807) is 6.07 Å². The van der Waals surface area contributed by atoms with Gasteiger partial charge in [-0.2, -0.15) is 0 Å². The third kappa shape index (κ3) is 5.95. The Hall–Kier alpha value is -2.09. The molecule has 3 heterocycles. The van der Waals surface area contributed by atoms with Crippen LogP contribution in [-0.2, 0) is 9.53 Å². The summed E-state index contributed by atoms with van der Waals surface area (Å²) < 4.78 is 5.30. The molecule has 0 bridgehead atoms. The van der Waals surface area contributed by atoms with Crippen LogP contribution in [0.1, 0.15) is 46.5 Å². The maximum absolute atomic E-state index is 13.2. The summed E-state index contributed by atoms with van der Waals surface area (Å²) in [5, 5.41) is 11.2. The van der Waals surface area contributed by atoms with Crippen LogP contribution in [0.5, 0.6) is 0 Å². The summed E-state index contributed by atoms with van der Waals surface area (Å²) in [4.78, 5) is 29.2. The zero-order valence-electron chi connectivity index (χ0n) is 17.4. The SMILES string of the molecule is CC(C)(C)OC(=O)NC[C@H]1CCCN1C(=O)[C@H]1CCCN(c2ccc(Cl)nn2)C1. The number of carbonyl (C=O) groups excluding carboxylic acids is 2. The Kier molecular flexibility index (Phi) is 6.82. The standard InChI is InChI=1S/C20H30ClN5O3/c1-20(2,3)29-19(28)22-12-15-7-5-11-26(15)18(27)14-6-4-10-25(13-14)17-9-8-16(21)23-24-17/h8-9,14-15H,4-7,10-13H2,1-3H3,(H,22,28)/t14-,15+/m0/s1. The number of hydrogen-bond donors (Lipinski definition) is 1. The van der Waals surface area contributed by atoms with E-state index in [9.17, 15) is 9.59 Å². The summed E-state index contributed by atoms with van der Waals surface area (Å²) >= 11 is 5.83. The Morgan fingerprint density at radius 3 is 2.66 bits per heavy atom. The van der Waals surface area contributed by atoms with Crippen molar-refractivity contribution in [1.82, 2.24) is 20.4 Å². The first-order chi connectivity index (χ1) is 13.7. The van der Waals surface area contributed by atoms with E-state index in [-0.39, 0.29) is 17.9 Å². The van der Waals surface area contributed by atoms with Crippen molar-refractivity contribution in [3.63, 3.8) is 0 Å². The molecule has 3 rings (SSSR count). The van der Waals surface area contributed by atoms with Crippen LogP contribution >= 0.6 is 11.6 Å². The van der Waals surface area contributed by atoms with Gasteiger partial charge in [0.2, 0.25) is 5.91 Å². The number of carbonyl (C=O) groups is 2. The first-order valence-electron chi connectivity index (χ1n) is 10.2. The van der Waals surface area contributed by atoms with Gasteiger partial charge in [0.25, 0.3) is 0 Å². The predicted octanol–water partition coefficient (Wildman–Crippen LogP) is 2.86. The average Bonchev–Trinajstić information content (AvgIpc) is 3.14. The molecule has 1 aromatic rings. The number of nitrogens with one attached hydrogen (secondary N) is 1. The second kappa shape index (κ2) is 9.15. The van der Waals surface area contributed by atoms with E-state index in [2.05, 4.69) is 20.4 Å². The van der Waals surface area contributed by atoms with Gasteiger partial charge in [-0.25, -0.2) is 4.79 Å².